The SMILES string of the molecule is CCc1cccc(NC(N)=NCc2ccc(F)c(COC)c2)c1.I. The molecule has 24 heavy (non-hydrogen) atoms. The molecule has 0 radical (unpaired) electrons. The number of nitrogens with one attached hydrogen (secondary N) is 1. The number of guanidine groups is 1. The van der Waals surface area contributed by atoms with Gasteiger partial charge in [0.1, 0.15) is 5.82 Å². The Morgan fingerprint density at radius 3 is 2.71 bits per heavy atom. The Balaban J connectivity index is 0.00000288. The number of rotatable bonds is 6. The minimum atomic E-state index is -0.276. The van der Waals surface area contributed by atoms with E-state index in [9.17, 15) is 4.39 Å². The van der Waals surface area contributed by atoms with Crippen LogP contribution in [0.2, 0.25) is 0 Å². The summed E-state index contributed by atoms with van der Waals surface area (Å²) in [6, 6.07) is 12.9. The number of aryl methyl sites for hydroxylation is 1. The summed E-state index contributed by atoms with van der Waals surface area (Å²) in [6.07, 6.45) is 0.963. The average molecular weight is 443 g/mol. The third kappa shape index (κ3) is 6.09. The number of ether oxygens (including phenoxy) is 1. The molecule has 4 nitrogen and oxygen atoms in total. The van der Waals surface area contributed by atoms with E-state index in [0.717, 1.165) is 17.7 Å². The summed E-state index contributed by atoms with van der Waals surface area (Å²) in [5, 5.41) is 3.07. The first-order chi connectivity index (χ1) is 11.1. The number of hydrogen-bond donors (Lipinski definition) is 2. The number of benzene rings is 2. The second-order valence-electron chi connectivity index (χ2n) is 5.24. The Morgan fingerprint density at radius 1 is 1.21 bits per heavy atom. The van der Waals surface area contributed by atoms with E-state index >= 15 is 0 Å². The Morgan fingerprint density at radius 2 is 2.00 bits per heavy atom. The van der Waals surface area contributed by atoms with Gasteiger partial charge in [0.05, 0.1) is 13.2 Å². The molecule has 2 aromatic rings. The summed E-state index contributed by atoms with van der Waals surface area (Å²) >= 11 is 0. The predicted octanol–water partition coefficient (Wildman–Crippen LogP) is 4.08. The van der Waals surface area contributed by atoms with Crippen molar-refractivity contribution in [1.29, 1.82) is 0 Å². The van der Waals surface area contributed by atoms with E-state index < -0.39 is 0 Å². The molecule has 0 saturated heterocycles. The van der Waals surface area contributed by atoms with E-state index in [0.29, 0.717) is 18.1 Å². The molecular weight excluding hydrogens is 420 g/mol. The zero-order valence-corrected chi connectivity index (χ0v) is 16.2. The molecule has 3 N–H and O–H groups in total. The molecular formula is C18H23FIN3O. The number of nitrogens with two attached hydrogens (primary N) is 1. The standard InChI is InChI=1S/C18H22FN3O.HI/c1-3-13-5-4-6-16(10-13)22-18(20)21-11-14-7-8-17(19)15(9-14)12-23-2;/h4-10H,3,11-12H2,1-2H3,(H3,20,21,22);1H. The van der Waals surface area contributed by atoms with Gasteiger partial charge < -0.3 is 15.8 Å². The number of halogens is 2. The first kappa shape index (κ1) is 20.4. The van der Waals surface area contributed by atoms with Gasteiger partial charge in [-0.05, 0) is 41.8 Å². The Hall–Kier alpha value is -1.67. The number of anilines is 1. The molecule has 0 aliphatic rings. The fourth-order valence-electron chi connectivity index (χ4n) is 2.23. The highest BCUT2D eigenvalue weighted by molar-refractivity contribution is 14.0. The van der Waals surface area contributed by atoms with Crippen LogP contribution in [-0.4, -0.2) is 13.1 Å². The second kappa shape index (κ2) is 10.2. The fourth-order valence-corrected chi connectivity index (χ4v) is 2.23. The van der Waals surface area contributed by atoms with Crippen molar-refractivity contribution in [2.24, 2.45) is 10.7 Å². The van der Waals surface area contributed by atoms with Crippen molar-refractivity contribution in [2.45, 2.75) is 26.5 Å². The summed E-state index contributed by atoms with van der Waals surface area (Å²) in [5.74, 6) is 0.0536. The molecule has 0 bridgehead atoms. The van der Waals surface area contributed by atoms with Gasteiger partial charge in [0, 0.05) is 18.4 Å². The van der Waals surface area contributed by atoms with Gasteiger partial charge in [-0.25, -0.2) is 9.38 Å². The summed E-state index contributed by atoms with van der Waals surface area (Å²) in [5.41, 5.74) is 9.44. The van der Waals surface area contributed by atoms with Gasteiger partial charge >= 0.3 is 0 Å². The molecule has 130 valence electrons. The lowest BCUT2D eigenvalue weighted by Crippen LogP contribution is -2.22. The number of aliphatic imine (C=N–C) groups is 1. The quantitative estimate of drug-likeness (QED) is 0.402. The summed E-state index contributed by atoms with van der Waals surface area (Å²) in [7, 11) is 1.54. The number of methoxy groups -OCH3 is 1. The number of hydrogen-bond acceptors (Lipinski definition) is 2. The topological polar surface area (TPSA) is 59.6 Å². The van der Waals surface area contributed by atoms with E-state index in [-0.39, 0.29) is 36.4 Å². The molecule has 0 atom stereocenters. The van der Waals surface area contributed by atoms with Gasteiger partial charge in [0.15, 0.2) is 5.96 Å². The van der Waals surface area contributed by atoms with Crippen molar-refractivity contribution in [3.05, 3.63) is 65.0 Å². The van der Waals surface area contributed by atoms with Crippen LogP contribution >= 0.6 is 24.0 Å². The molecule has 0 heterocycles. The lowest BCUT2D eigenvalue weighted by atomic mass is 10.1. The second-order valence-corrected chi connectivity index (χ2v) is 5.24. The smallest absolute Gasteiger partial charge is 0.193 e. The van der Waals surface area contributed by atoms with Gasteiger partial charge in [-0.3, -0.25) is 0 Å². The molecule has 2 aromatic carbocycles. The molecule has 0 unspecified atom stereocenters. The van der Waals surface area contributed by atoms with Crippen LogP contribution in [0, 0.1) is 5.82 Å². The monoisotopic (exact) mass is 443 g/mol. The zero-order chi connectivity index (χ0) is 16.7. The van der Waals surface area contributed by atoms with Crippen molar-refractivity contribution >= 4 is 35.6 Å². The molecule has 0 aliphatic carbocycles. The first-order valence-corrected chi connectivity index (χ1v) is 7.54. The van der Waals surface area contributed by atoms with E-state index in [1.807, 2.05) is 18.2 Å². The highest BCUT2D eigenvalue weighted by Crippen LogP contribution is 2.13. The Labute approximate surface area is 159 Å². The summed E-state index contributed by atoms with van der Waals surface area (Å²) < 4.78 is 18.5. The minimum Gasteiger partial charge on any atom is -0.380 e. The Bertz CT molecular complexity index is 692. The van der Waals surface area contributed by atoms with Crippen LogP contribution in [0.15, 0.2) is 47.5 Å². The average Bonchev–Trinajstić information content (AvgIpc) is 2.56. The van der Waals surface area contributed by atoms with Gasteiger partial charge in [0.25, 0.3) is 0 Å². The molecule has 0 aliphatic heterocycles. The molecule has 0 amide bonds. The maximum absolute atomic E-state index is 13.6. The lowest BCUT2D eigenvalue weighted by Gasteiger charge is -2.08. The van der Waals surface area contributed by atoms with Gasteiger partial charge in [-0.2, -0.15) is 0 Å². The van der Waals surface area contributed by atoms with E-state index in [2.05, 4.69) is 23.3 Å². The van der Waals surface area contributed by atoms with Crippen molar-refractivity contribution < 1.29 is 9.13 Å². The third-order valence-electron chi connectivity index (χ3n) is 3.45. The molecule has 0 saturated carbocycles. The van der Waals surface area contributed by atoms with Crippen LogP contribution in [0.4, 0.5) is 10.1 Å². The largest absolute Gasteiger partial charge is 0.380 e. The van der Waals surface area contributed by atoms with Gasteiger partial charge in [-0.1, -0.05) is 25.1 Å². The first-order valence-electron chi connectivity index (χ1n) is 7.54. The summed E-state index contributed by atoms with van der Waals surface area (Å²) in [4.78, 5) is 4.30. The molecule has 0 spiro atoms. The van der Waals surface area contributed by atoms with Crippen LogP contribution in [0.3, 0.4) is 0 Å². The van der Waals surface area contributed by atoms with Crippen molar-refractivity contribution in [1.82, 2.24) is 0 Å². The molecule has 6 heteroatoms. The van der Waals surface area contributed by atoms with Gasteiger partial charge in [0.2, 0.25) is 0 Å². The van der Waals surface area contributed by atoms with Crippen molar-refractivity contribution in [2.75, 3.05) is 12.4 Å². The fraction of sp³-hybridized carbons (Fsp3) is 0.278. The van der Waals surface area contributed by atoms with Crippen molar-refractivity contribution in [3.63, 3.8) is 0 Å². The third-order valence-corrected chi connectivity index (χ3v) is 3.45. The molecule has 2 rings (SSSR count). The van der Waals surface area contributed by atoms with Crippen molar-refractivity contribution in [3.8, 4) is 0 Å². The van der Waals surface area contributed by atoms with E-state index in [4.69, 9.17) is 10.5 Å². The Kier molecular flexibility index (Phi) is 8.70. The summed E-state index contributed by atoms with van der Waals surface area (Å²) in [6.45, 7) is 2.72. The van der Waals surface area contributed by atoms with Crippen LogP contribution in [0.25, 0.3) is 0 Å². The van der Waals surface area contributed by atoms with Crippen LogP contribution in [0.1, 0.15) is 23.6 Å². The maximum Gasteiger partial charge on any atom is 0.193 e. The van der Waals surface area contributed by atoms with Crippen LogP contribution in [-0.2, 0) is 24.3 Å². The highest BCUT2D eigenvalue weighted by Gasteiger charge is 2.03. The molecule has 0 aromatic heterocycles. The molecule has 0 fully saturated rings. The number of nitrogens with zero attached hydrogens (tertiary/aromatic N) is 1. The van der Waals surface area contributed by atoms with Crippen LogP contribution < -0.4 is 11.1 Å². The predicted molar refractivity (Wildman–Crippen MR) is 107 cm³/mol. The normalized spacial score (nSPS) is 11.0. The van der Waals surface area contributed by atoms with E-state index in [1.165, 1.54) is 18.7 Å². The lowest BCUT2D eigenvalue weighted by molar-refractivity contribution is 0.181. The van der Waals surface area contributed by atoms with Crippen LogP contribution in [0.5, 0.6) is 0 Å². The minimum absolute atomic E-state index is 0. The maximum atomic E-state index is 13.6. The highest BCUT2D eigenvalue weighted by atomic mass is 127. The van der Waals surface area contributed by atoms with E-state index in [1.54, 1.807) is 12.1 Å². The van der Waals surface area contributed by atoms with Gasteiger partial charge in [-0.15, -0.1) is 24.0 Å². The zero-order valence-electron chi connectivity index (χ0n) is 13.9.